The van der Waals surface area contributed by atoms with Gasteiger partial charge in [-0.15, -0.1) is 0 Å². The van der Waals surface area contributed by atoms with Crippen molar-refractivity contribution < 1.29 is 9.18 Å². The number of carbonyl (C=O) groups excluding carboxylic acids is 1. The van der Waals surface area contributed by atoms with Crippen LogP contribution in [0.3, 0.4) is 0 Å². The number of hydrogen-bond donors (Lipinski definition) is 0. The van der Waals surface area contributed by atoms with Gasteiger partial charge in [0.2, 0.25) is 5.91 Å². The quantitative estimate of drug-likeness (QED) is 0.865. The summed E-state index contributed by atoms with van der Waals surface area (Å²) in [5.74, 6) is 0.355. The highest BCUT2D eigenvalue weighted by atomic mass is 19.1. The molecule has 1 aliphatic heterocycles. The minimum Gasteiger partial charge on any atom is -0.338 e. The van der Waals surface area contributed by atoms with Crippen LogP contribution in [0.15, 0.2) is 36.7 Å². The average Bonchev–Trinajstić information content (AvgIpc) is 3.06. The normalized spacial score (nSPS) is 25.9. The molecule has 126 valence electrons. The van der Waals surface area contributed by atoms with Crippen molar-refractivity contribution >= 4 is 5.91 Å². The minimum absolute atomic E-state index is 0.0652. The number of nitrogens with zero attached hydrogens (tertiary/aromatic N) is 3. The molecule has 4 nitrogen and oxygen atoms in total. The topological polar surface area (TPSA) is 38.1 Å². The highest BCUT2D eigenvalue weighted by Gasteiger charge is 2.47. The second kappa shape index (κ2) is 6.04. The first kappa shape index (κ1) is 15.4. The lowest BCUT2D eigenvalue weighted by Gasteiger charge is -2.25. The maximum absolute atomic E-state index is 13.0. The van der Waals surface area contributed by atoms with Gasteiger partial charge in [-0.3, -0.25) is 9.48 Å². The molecule has 2 aromatic rings. The van der Waals surface area contributed by atoms with E-state index >= 15 is 0 Å². The van der Waals surface area contributed by atoms with Crippen LogP contribution in [0, 0.1) is 18.7 Å². The molecule has 2 aliphatic rings. The molecule has 4 rings (SSSR count). The van der Waals surface area contributed by atoms with Gasteiger partial charge in [0.25, 0.3) is 0 Å². The Morgan fingerprint density at radius 2 is 2.12 bits per heavy atom. The van der Waals surface area contributed by atoms with E-state index in [2.05, 4.69) is 5.10 Å². The summed E-state index contributed by atoms with van der Waals surface area (Å²) in [6, 6.07) is 6.82. The van der Waals surface area contributed by atoms with Gasteiger partial charge >= 0.3 is 0 Å². The highest BCUT2D eigenvalue weighted by Crippen LogP contribution is 2.49. The molecule has 1 saturated carbocycles. The number of benzene rings is 1. The number of rotatable bonds is 4. The Bertz CT molecular complexity index is 739. The molecule has 1 amide bonds. The number of amides is 1. The van der Waals surface area contributed by atoms with Gasteiger partial charge in [-0.25, -0.2) is 4.39 Å². The maximum atomic E-state index is 13.0. The molecule has 1 aromatic carbocycles. The smallest absolute Gasteiger partial charge is 0.226 e. The number of aryl methyl sites for hydroxylation is 1. The Morgan fingerprint density at radius 1 is 1.33 bits per heavy atom. The summed E-state index contributed by atoms with van der Waals surface area (Å²) < 4.78 is 15.0. The molecule has 24 heavy (non-hydrogen) atoms. The van der Waals surface area contributed by atoms with Crippen LogP contribution in [0.25, 0.3) is 0 Å². The van der Waals surface area contributed by atoms with E-state index in [0.717, 1.165) is 43.5 Å². The Labute approximate surface area is 141 Å². The fourth-order valence-electron chi connectivity index (χ4n) is 3.86. The van der Waals surface area contributed by atoms with Gasteiger partial charge in [0, 0.05) is 18.7 Å². The second-order valence-corrected chi connectivity index (χ2v) is 7.07. The summed E-state index contributed by atoms with van der Waals surface area (Å²) in [5, 5.41) is 4.35. The van der Waals surface area contributed by atoms with E-state index in [1.54, 1.807) is 12.1 Å². The number of halogens is 1. The molecule has 1 aromatic heterocycles. The fourth-order valence-corrected chi connectivity index (χ4v) is 3.86. The maximum Gasteiger partial charge on any atom is 0.226 e. The molecule has 5 heteroatoms. The summed E-state index contributed by atoms with van der Waals surface area (Å²) in [5.41, 5.74) is 2.22. The molecule has 0 N–H and O–H groups in total. The number of carbonyl (C=O) groups is 1. The summed E-state index contributed by atoms with van der Waals surface area (Å²) in [6.45, 7) is 3.64. The van der Waals surface area contributed by atoms with E-state index in [1.807, 2.05) is 28.9 Å². The van der Waals surface area contributed by atoms with Crippen LogP contribution in [0.4, 0.5) is 4.39 Å². The molecule has 1 aliphatic carbocycles. The third-order valence-electron chi connectivity index (χ3n) is 5.23. The zero-order valence-corrected chi connectivity index (χ0v) is 13.9. The van der Waals surface area contributed by atoms with Crippen molar-refractivity contribution in [1.82, 2.24) is 14.7 Å². The number of likely N-dealkylation sites (tertiary alicyclic amines) is 1. The molecule has 0 unspecified atom stereocenters. The fraction of sp³-hybridized carbons (Fsp3) is 0.474. The second-order valence-electron chi connectivity index (χ2n) is 7.07. The molecule has 3 atom stereocenters. The Morgan fingerprint density at radius 3 is 2.83 bits per heavy atom. The number of hydrogen-bond acceptors (Lipinski definition) is 2. The Balaban J connectivity index is 1.41. The first-order valence-electron chi connectivity index (χ1n) is 8.67. The summed E-state index contributed by atoms with van der Waals surface area (Å²) >= 11 is 0. The SMILES string of the molecule is Cc1cnn(C[C@@H]2CCCN2C(=O)[C@@H]2C[C@H]2c2ccc(F)cc2)c1. The molecule has 0 spiro atoms. The third-order valence-corrected chi connectivity index (χ3v) is 5.23. The van der Waals surface area contributed by atoms with Crippen LogP contribution < -0.4 is 0 Å². The zero-order valence-electron chi connectivity index (χ0n) is 13.9. The van der Waals surface area contributed by atoms with Crippen LogP contribution >= 0.6 is 0 Å². The third kappa shape index (κ3) is 2.95. The predicted octanol–water partition coefficient (Wildman–Crippen LogP) is 3.13. The lowest BCUT2D eigenvalue weighted by Crippen LogP contribution is -2.39. The van der Waals surface area contributed by atoms with Crippen molar-refractivity contribution in [3.05, 3.63) is 53.6 Å². The first-order chi connectivity index (χ1) is 11.6. The van der Waals surface area contributed by atoms with E-state index in [0.29, 0.717) is 0 Å². The molecular formula is C19H22FN3O. The lowest BCUT2D eigenvalue weighted by atomic mass is 10.1. The van der Waals surface area contributed by atoms with E-state index in [-0.39, 0.29) is 29.6 Å². The summed E-state index contributed by atoms with van der Waals surface area (Å²) in [4.78, 5) is 14.9. The van der Waals surface area contributed by atoms with E-state index in [9.17, 15) is 9.18 Å². The Hall–Kier alpha value is -2.17. The lowest BCUT2D eigenvalue weighted by molar-refractivity contribution is -0.133. The van der Waals surface area contributed by atoms with Crippen molar-refractivity contribution in [2.24, 2.45) is 5.92 Å². The highest BCUT2D eigenvalue weighted by molar-refractivity contribution is 5.83. The molecule has 2 fully saturated rings. The first-order valence-corrected chi connectivity index (χ1v) is 8.67. The zero-order chi connectivity index (χ0) is 16.7. The van der Waals surface area contributed by atoms with Crippen LogP contribution in [0.5, 0.6) is 0 Å². The molecule has 0 radical (unpaired) electrons. The number of aromatic nitrogens is 2. The van der Waals surface area contributed by atoms with Crippen LogP contribution in [-0.4, -0.2) is 33.2 Å². The van der Waals surface area contributed by atoms with Gasteiger partial charge in [0.15, 0.2) is 0 Å². The monoisotopic (exact) mass is 327 g/mol. The summed E-state index contributed by atoms with van der Waals surface area (Å²) in [6.07, 6.45) is 6.86. The molecular weight excluding hydrogens is 305 g/mol. The predicted molar refractivity (Wildman–Crippen MR) is 88.9 cm³/mol. The summed E-state index contributed by atoms with van der Waals surface area (Å²) in [7, 11) is 0. The van der Waals surface area contributed by atoms with Gasteiger partial charge in [-0.05, 0) is 55.4 Å². The van der Waals surface area contributed by atoms with E-state index in [1.165, 1.54) is 12.1 Å². The molecule has 0 bridgehead atoms. The minimum atomic E-state index is -0.226. The van der Waals surface area contributed by atoms with Gasteiger partial charge in [-0.1, -0.05) is 12.1 Å². The van der Waals surface area contributed by atoms with E-state index < -0.39 is 0 Å². The molecule has 1 saturated heterocycles. The van der Waals surface area contributed by atoms with E-state index in [4.69, 9.17) is 0 Å². The Kier molecular flexibility index (Phi) is 3.87. The van der Waals surface area contributed by atoms with Gasteiger partial charge in [-0.2, -0.15) is 5.10 Å². The van der Waals surface area contributed by atoms with Crippen molar-refractivity contribution in [3.63, 3.8) is 0 Å². The standard InChI is InChI=1S/C19H22FN3O/c1-13-10-21-22(11-13)12-16-3-2-8-23(16)19(24)18-9-17(18)14-4-6-15(20)7-5-14/h4-7,10-11,16-18H,2-3,8-9,12H2,1H3/t16-,17-,18+/m0/s1. The van der Waals surface area contributed by atoms with Crippen molar-refractivity contribution in [2.45, 2.75) is 44.7 Å². The van der Waals surface area contributed by atoms with Gasteiger partial charge in [0.05, 0.1) is 18.8 Å². The largest absolute Gasteiger partial charge is 0.338 e. The van der Waals surface area contributed by atoms with Gasteiger partial charge < -0.3 is 4.90 Å². The average molecular weight is 327 g/mol. The van der Waals surface area contributed by atoms with Crippen LogP contribution in [-0.2, 0) is 11.3 Å². The van der Waals surface area contributed by atoms with Crippen LogP contribution in [0.2, 0.25) is 0 Å². The van der Waals surface area contributed by atoms with Crippen LogP contribution in [0.1, 0.15) is 36.3 Å². The molecule has 2 heterocycles. The van der Waals surface area contributed by atoms with Gasteiger partial charge in [0.1, 0.15) is 5.82 Å². The van der Waals surface area contributed by atoms with Crippen molar-refractivity contribution in [3.8, 4) is 0 Å². The van der Waals surface area contributed by atoms with Crippen molar-refractivity contribution in [1.29, 1.82) is 0 Å². The van der Waals surface area contributed by atoms with Crippen molar-refractivity contribution in [2.75, 3.05) is 6.54 Å².